The van der Waals surface area contributed by atoms with Crippen LogP contribution in [-0.4, -0.2) is 42.1 Å². The maximum atomic E-state index is 13.6. The highest BCUT2D eigenvalue weighted by Crippen LogP contribution is 2.37. The van der Waals surface area contributed by atoms with Crippen molar-refractivity contribution in [3.63, 3.8) is 0 Å². The summed E-state index contributed by atoms with van der Waals surface area (Å²) in [5, 5.41) is 0. The molecular formula is C16H23FN4. The van der Waals surface area contributed by atoms with Crippen molar-refractivity contribution in [2.75, 3.05) is 24.5 Å². The molecular weight excluding hydrogens is 267 g/mol. The summed E-state index contributed by atoms with van der Waals surface area (Å²) in [5.74, 6) is 0.278. The average molecular weight is 290 g/mol. The third kappa shape index (κ3) is 2.50. The maximum absolute atomic E-state index is 13.6. The van der Waals surface area contributed by atoms with E-state index >= 15 is 0 Å². The Bertz CT molecular complexity index is 547. The average Bonchev–Trinajstić information content (AvgIpc) is 2.76. The summed E-state index contributed by atoms with van der Waals surface area (Å²) < 4.78 is 13.6. The van der Waals surface area contributed by atoms with Crippen LogP contribution < -0.4 is 10.6 Å². The number of rotatable bonds is 2. The van der Waals surface area contributed by atoms with Crippen LogP contribution in [0.4, 0.5) is 10.1 Å². The molecule has 5 heteroatoms. The Morgan fingerprint density at radius 2 is 2.00 bits per heavy atom. The van der Waals surface area contributed by atoms with Crippen molar-refractivity contribution >= 4 is 11.6 Å². The summed E-state index contributed by atoms with van der Waals surface area (Å²) >= 11 is 0. The molecule has 3 rings (SSSR count). The van der Waals surface area contributed by atoms with Crippen molar-refractivity contribution < 1.29 is 4.39 Å². The Morgan fingerprint density at radius 3 is 2.62 bits per heavy atom. The third-order valence-corrected chi connectivity index (χ3v) is 4.76. The zero-order valence-corrected chi connectivity index (χ0v) is 12.7. The van der Waals surface area contributed by atoms with Crippen molar-refractivity contribution in [3.05, 3.63) is 30.1 Å². The predicted octanol–water partition coefficient (Wildman–Crippen LogP) is 2.20. The summed E-state index contributed by atoms with van der Waals surface area (Å²) in [4.78, 5) is 8.97. The highest BCUT2D eigenvalue weighted by Gasteiger charge is 2.45. The van der Waals surface area contributed by atoms with Gasteiger partial charge in [-0.1, -0.05) is 6.07 Å². The minimum atomic E-state index is -0.234. The molecule has 0 saturated carbocycles. The highest BCUT2D eigenvalue weighted by atomic mass is 19.1. The minimum absolute atomic E-state index is 0.0801. The van der Waals surface area contributed by atoms with Crippen LogP contribution in [0.2, 0.25) is 0 Å². The van der Waals surface area contributed by atoms with Crippen molar-refractivity contribution in [2.24, 2.45) is 10.7 Å². The molecule has 0 unspecified atom stereocenters. The van der Waals surface area contributed by atoms with Gasteiger partial charge in [0, 0.05) is 24.8 Å². The molecule has 0 radical (unpaired) electrons. The molecule has 2 N–H and O–H groups in total. The lowest BCUT2D eigenvalue weighted by atomic mass is 9.85. The number of hydrogen-bond acceptors (Lipinski definition) is 4. The molecule has 0 aliphatic carbocycles. The zero-order valence-electron chi connectivity index (χ0n) is 12.7. The van der Waals surface area contributed by atoms with Gasteiger partial charge in [0.25, 0.3) is 0 Å². The Hall–Kier alpha value is -1.62. The first-order valence-electron chi connectivity index (χ1n) is 7.62. The van der Waals surface area contributed by atoms with Crippen LogP contribution in [0.25, 0.3) is 0 Å². The van der Waals surface area contributed by atoms with Crippen molar-refractivity contribution in [2.45, 2.75) is 38.3 Å². The van der Waals surface area contributed by atoms with Gasteiger partial charge in [0.15, 0.2) is 5.96 Å². The molecule has 2 heterocycles. The van der Waals surface area contributed by atoms with E-state index in [0.29, 0.717) is 18.5 Å². The van der Waals surface area contributed by atoms with Gasteiger partial charge in [-0.05, 0) is 44.9 Å². The maximum Gasteiger partial charge on any atom is 0.196 e. The third-order valence-electron chi connectivity index (χ3n) is 4.76. The normalized spacial score (nSPS) is 22.1. The quantitative estimate of drug-likeness (QED) is 0.908. The van der Waals surface area contributed by atoms with Gasteiger partial charge in [0.1, 0.15) is 5.82 Å². The molecule has 1 fully saturated rings. The first-order chi connectivity index (χ1) is 10.0. The van der Waals surface area contributed by atoms with Crippen LogP contribution in [-0.2, 0) is 0 Å². The number of likely N-dealkylation sites (tertiary alicyclic amines) is 1. The number of aliphatic imine (C=N–C) groups is 1. The van der Waals surface area contributed by atoms with Crippen molar-refractivity contribution in [3.8, 4) is 0 Å². The van der Waals surface area contributed by atoms with Crippen LogP contribution in [0.1, 0.15) is 26.7 Å². The smallest absolute Gasteiger partial charge is 0.196 e. The number of piperidine rings is 1. The number of nitrogens with zero attached hydrogens (tertiary/aromatic N) is 3. The molecule has 0 atom stereocenters. The predicted molar refractivity (Wildman–Crippen MR) is 84.0 cm³/mol. The fourth-order valence-electron chi connectivity index (χ4n) is 3.47. The lowest BCUT2D eigenvalue weighted by Crippen LogP contribution is -2.58. The first-order valence-corrected chi connectivity index (χ1v) is 7.62. The number of halogens is 1. The van der Waals surface area contributed by atoms with E-state index in [1.807, 2.05) is 11.0 Å². The second-order valence-electron chi connectivity index (χ2n) is 6.34. The molecule has 0 bridgehead atoms. The molecule has 0 aromatic heterocycles. The fraction of sp³-hybridized carbons (Fsp3) is 0.562. The Morgan fingerprint density at radius 1 is 1.29 bits per heavy atom. The Kier molecular flexibility index (Phi) is 3.61. The SMILES string of the molecule is CC(C)N1CCC2(CC1)CN=C(N)N2c1cccc(F)c1. The standard InChI is InChI=1S/C16H23FN4/c1-12(2)20-8-6-16(7-9-20)11-19-15(18)21(16)14-5-3-4-13(17)10-14/h3-5,10,12H,6-9,11H2,1-2H3,(H2,18,19). The first kappa shape index (κ1) is 14.3. The molecule has 1 saturated heterocycles. The summed E-state index contributed by atoms with van der Waals surface area (Å²) in [6.45, 7) is 7.23. The van der Waals surface area contributed by atoms with Gasteiger partial charge >= 0.3 is 0 Å². The highest BCUT2D eigenvalue weighted by molar-refractivity contribution is 5.98. The van der Waals surface area contributed by atoms with Gasteiger partial charge in [0.2, 0.25) is 0 Å². The van der Waals surface area contributed by atoms with Gasteiger partial charge in [-0.2, -0.15) is 0 Å². The number of benzene rings is 1. The molecule has 4 nitrogen and oxygen atoms in total. The lowest BCUT2D eigenvalue weighted by molar-refractivity contribution is 0.139. The van der Waals surface area contributed by atoms with Crippen LogP contribution in [0, 0.1) is 5.82 Å². The molecule has 21 heavy (non-hydrogen) atoms. The van der Waals surface area contributed by atoms with E-state index in [2.05, 4.69) is 23.7 Å². The van der Waals surface area contributed by atoms with Gasteiger partial charge in [-0.3, -0.25) is 4.99 Å². The Labute approximate surface area is 125 Å². The van der Waals surface area contributed by atoms with Crippen molar-refractivity contribution in [1.82, 2.24) is 4.90 Å². The molecule has 2 aliphatic rings. The Balaban J connectivity index is 1.86. The number of guanidine groups is 1. The van der Waals surface area contributed by atoms with Crippen LogP contribution >= 0.6 is 0 Å². The molecule has 0 amide bonds. The lowest BCUT2D eigenvalue weighted by Gasteiger charge is -2.46. The van der Waals surface area contributed by atoms with Crippen LogP contribution in [0.15, 0.2) is 29.3 Å². The van der Waals surface area contributed by atoms with E-state index in [9.17, 15) is 4.39 Å². The van der Waals surface area contributed by atoms with E-state index in [0.717, 1.165) is 31.6 Å². The van der Waals surface area contributed by atoms with E-state index in [4.69, 9.17) is 5.73 Å². The van der Waals surface area contributed by atoms with Crippen LogP contribution in [0.3, 0.4) is 0 Å². The molecule has 114 valence electrons. The van der Waals surface area contributed by atoms with E-state index in [1.54, 1.807) is 12.1 Å². The van der Waals surface area contributed by atoms with Crippen LogP contribution in [0.5, 0.6) is 0 Å². The summed E-state index contributed by atoms with van der Waals surface area (Å²) in [5.41, 5.74) is 6.83. The second-order valence-corrected chi connectivity index (χ2v) is 6.34. The number of hydrogen-bond donors (Lipinski definition) is 1. The summed E-state index contributed by atoms with van der Waals surface area (Å²) in [6.07, 6.45) is 2.01. The van der Waals surface area contributed by atoms with E-state index < -0.39 is 0 Å². The number of nitrogens with two attached hydrogens (primary N) is 1. The molecule has 1 aromatic rings. The minimum Gasteiger partial charge on any atom is -0.369 e. The zero-order chi connectivity index (χ0) is 15.0. The van der Waals surface area contributed by atoms with Gasteiger partial charge in [-0.25, -0.2) is 4.39 Å². The molecule has 1 spiro atoms. The van der Waals surface area contributed by atoms with Gasteiger partial charge < -0.3 is 15.5 Å². The van der Waals surface area contributed by atoms with E-state index in [1.165, 1.54) is 6.07 Å². The van der Waals surface area contributed by atoms with E-state index in [-0.39, 0.29) is 11.4 Å². The second kappa shape index (κ2) is 5.30. The number of anilines is 1. The molecule has 2 aliphatic heterocycles. The summed E-state index contributed by atoms with van der Waals surface area (Å²) in [7, 11) is 0. The molecule has 1 aromatic carbocycles. The fourth-order valence-corrected chi connectivity index (χ4v) is 3.47. The monoisotopic (exact) mass is 290 g/mol. The topological polar surface area (TPSA) is 44.9 Å². The largest absolute Gasteiger partial charge is 0.369 e. The summed E-state index contributed by atoms with van der Waals surface area (Å²) in [6, 6.07) is 7.20. The van der Waals surface area contributed by atoms with Gasteiger partial charge in [-0.15, -0.1) is 0 Å². The van der Waals surface area contributed by atoms with Gasteiger partial charge in [0.05, 0.1) is 12.1 Å². The van der Waals surface area contributed by atoms with Crippen molar-refractivity contribution in [1.29, 1.82) is 0 Å².